The summed E-state index contributed by atoms with van der Waals surface area (Å²) in [6, 6.07) is 18.3. The molecule has 1 atom stereocenters. The molecule has 124 valence electrons. The molecule has 2 N–H and O–H groups in total. The van der Waals surface area contributed by atoms with Gasteiger partial charge in [-0.1, -0.05) is 36.4 Å². The number of nitrogens with two attached hydrogens (primary N) is 1. The summed E-state index contributed by atoms with van der Waals surface area (Å²) in [6.45, 7) is 2.71. The lowest BCUT2D eigenvalue weighted by Crippen LogP contribution is -2.30. The lowest BCUT2D eigenvalue weighted by Gasteiger charge is -2.30. The second-order valence-corrected chi connectivity index (χ2v) is 6.58. The van der Waals surface area contributed by atoms with Crippen molar-refractivity contribution in [2.75, 3.05) is 18.1 Å². The largest absolute Gasteiger partial charge is 0.463 e. The first-order chi connectivity index (χ1) is 11.8. The van der Waals surface area contributed by atoms with E-state index in [1.54, 1.807) is 0 Å². The highest BCUT2D eigenvalue weighted by Gasteiger charge is 2.17. The summed E-state index contributed by atoms with van der Waals surface area (Å²) >= 11 is 0. The molecule has 24 heavy (non-hydrogen) atoms. The molecule has 0 bridgehead atoms. The quantitative estimate of drug-likeness (QED) is 0.942. The molecule has 1 unspecified atom stereocenters. The molecule has 4 rings (SSSR count). The number of benzene rings is 2. The number of ether oxygens (including phenoxy) is 1. The Hall–Kier alpha value is -2.49. The zero-order chi connectivity index (χ0) is 16.4. The van der Waals surface area contributed by atoms with Gasteiger partial charge in [0.05, 0.1) is 6.04 Å². The first kappa shape index (κ1) is 15.1. The van der Waals surface area contributed by atoms with Gasteiger partial charge in [0.2, 0.25) is 0 Å². The predicted molar refractivity (Wildman–Crippen MR) is 97.3 cm³/mol. The van der Waals surface area contributed by atoms with Crippen LogP contribution in [-0.4, -0.2) is 25.2 Å². The van der Waals surface area contributed by atoms with Crippen LogP contribution >= 0.6 is 0 Å². The van der Waals surface area contributed by atoms with Crippen LogP contribution in [0.3, 0.4) is 0 Å². The van der Waals surface area contributed by atoms with Gasteiger partial charge in [0.1, 0.15) is 6.61 Å². The van der Waals surface area contributed by atoms with Crippen molar-refractivity contribution in [2.45, 2.75) is 31.8 Å². The van der Waals surface area contributed by atoms with Crippen LogP contribution in [0.15, 0.2) is 53.5 Å². The number of hydrogen-bond acceptors (Lipinski definition) is 4. The minimum absolute atomic E-state index is 0.211. The number of fused-ring (bicyclic) bond motifs is 1. The summed E-state index contributed by atoms with van der Waals surface area (Å²) in [5, 5.41) is 0. The number of hydrogen-bond donors (Lipinski definition) is 1. The fraction of sp³-hybridized carbons (Fsp3) is 0.350. The average Bonchev–Trinajstić information content (AvgIpc) is 3.05. The number of amidine groups is 1. The van der Waals surface area contributed by atoms with Gasteiger partial charge in [-0.2, -0.15) is 0 Å². The maximum atomic E-state index is 5.55. The smallest absolute Gasteiger partial charge is 0.282 e. The van der Waals surface area contributed by atoms with Crippen LogP contribution in [0.5, 0.6) is 0 Å². The van der Waals surface area contributed by atoms with Crippen molar-refractivity contribution >= 4 is 11.7 Å². The van der Waals surface area contributed by atoms with Gasteiger partial charge in [0, 0.05) is 18.8 Å². The highest BCUT2D eigenvalue weighted by molar-refractivity contribution is 5.73. The molecular formula is C20H23N3O. The second-order valence-electron chi connectivity index (χ2n) is 6.58. The van der Waals surface area contributed by atoms with Crippen LogP contribution in [0, 0.1) is 0 Å². The molecule has 4 heteroatoms. The van der Waals surface area contributed by atoms with Crippen molar-refractivity contribution < 1.29 is 4.74 Å². The number of aliphatic imine (C=N–C) groups is 1. The zero-order valence-electron chi connectivity index (χ0n) is 13.8. The van der Waals surface area contributed by atoms with Crippen LogP contribution in [0.2, 0.25) is 0 Å². The van der Waals surface area contributed by atoms with Gasteiger partial charge in [0.25, 0.3) is 6.02 Å². The van der Waals surface area contributed by atoms with E-state index >= 15 is 0 Å². The summed E-state index contributed by atoms with van der Waals surface area (Å²) in [7, 11) is 0. The first-order valence-electron chi connectivity index (χ1n) is 8.65. The van der Waals surface area contributed by atoms with E-state index in [0.717, 1.165) is 32.4 Å². The summed E-state index contributed by atoms with van der Waals surface area (Å²) in [5.41, 5.74) is 11.1. The fourth-order valence-electron chi connectivity index (χ4n) is 3.51. The zero-order valence-corrected chi connectivity index (χ0v) is 13.8. The van der Waals surface area contributed by atoms with E-state index in [2.05, 4.69) is 58.4 Å². The fourth-order valence-corrected chi connectivity index (χ4v) is 3.51. The summed E-state index contributed by atoms with van der Waals surface area (Å²) in [5.74, 6) is 0. The minimum Gasteiger partial charge on any atom is -0.463 e. The normalized spacial score (nSPS) is 19.6. The van der Waals surface area contributed by atoms with Gasteiger partial charge in [-0.3, -0.25) is 0 Å². The van der Waals surface area contributed by atoms with Crippen molar-refractivity contribution in [3.05, 3.63) is 65.2 Å². The molecule has 0 spiro atoms. The Morgan fingerprint density at radius 3 is 2.62 bits per heavy atom. The van der Waals surface area contributed by atoms with Crippen LogP contribution in [-0.2, 0) is 24.1 Å². The van der Waals surface area contributed by atoms with E-state index in [1.165, 1.54) is 22.4 Å². The molecular weight excluding hydrogens is 298 g/mol. The second kappa shape index (κ2) is 6.56. The van der Waals surface area contributed by atoms with Gasteiger partial charge in [-0.25, -0.2) is 4.99 Å². The monoisotopic (exact) mass is 321 g/mol. The summed E-state index contributed by atoms with van der Waals surface area (Å²) in [4.78, 5) is 6.74. The van der Waals surface area contributed by atoms with Gasteiger partial charge in [0.15, 0.2) is 0 Å². The van der Waals surface area contributed by atoms with Crippen LogP contribution < -0.4 is 10.6 Å². The van der Waals surface area contributed by atoms with Crippen molar-refractivity contribution in [3.8, 4) is 0 Å². The molecule has 0 saturated carbocycles. The average molecular weight is 321 g/mol. The van der Waals surface area contributed by atoms with Gasteiger partial charge < -0.3 is 15.4 Å². The van der Waals surface area contributed by atoms with Gasteiger partial charge in [-0.15, -0.1) is 0 Å². The van der Waals surface area contributed by atoms with Gasteiger partial charge >= 0.3 is 0 Å². The molecule has 0 aromatic heterocycles. The molecule has 0 aliphatic carbocycles. The third-order valence-electron chi connectivity index (χ3n) is 4.93. The molecule has 0 saturated heterocycles. The van der Waals surface area contributed by atoms with Crippen molar-refractivity contribution in [1.82, 2.24) is 0 Å². The Morgan fingerprint density at radius 2 is 1.88 bits per heavy atom. The number of rotatable bonds is 4. The van der Waals surface area contributed by atoms with Crippen molar-refractivity contribution in [2.24, 2.45) is 10.7 Å². The van der Waals surface area contributed by atoms with Crippen molar-refractivity contribution in [1.29, 1.82) is 0 Å². The summed E-state index contributed by atoms with van der Waals surface area (Å²) < 4.78 is 5.20. The van der Waals surface area contributed by atoms with Crippen LogP contribution in [0.1, 0.15) is 23.1 Å². The van der Waals surface area contributed by atoms with Crippen molar-refractivity contribution in [3.63, 3.8) is 0 Å². The minimum atomic E-state index is 0.211. The highest BCUT2D eigenvalue weighted by atomic mass is 16.5. The van der Waals surface area contributed by atoms with E-state index in [4.69, 9.17) is 10.5 Å². The Morgan fingerprint density at radius 1 is 1.08 bits per heavy atom. The Kier molecular flexibility index (Phi) is 4.11. The third-order valence-corrected chi connectivity index (χ3v) is 4.93. The molecule has 0 radical (unpaired) electrons. The molecule has 2 aliphatic heterocycles. The molecule has 2 aliphatic rings. The van der Waals surface area contributed by atoms with E-state index in [1.807, 2.05) is 0 Å². The SMILES string of the molecule is NC1=NC(CCc2ccc(N3CCc4ccccc4C3)cc2)CO1. The van der Waals surface area contributed by atoms with Crippen LogP contribution in [0.4, 0.5) is 5.69 Å². The number of anilines is 1. The Bertz CT molecular complexity index is 739. The van der Waals surface area contributed by atoms with Crippen LogP contribution in [0.25, 0.3) is 0 Å². The third kappa shape index (κ3) is 3.23. The molecule has 2 aromatic rings. The Labute approximate surface area is 143 Å². The maximum Gasteiger partial charge on any atom is 0.282 e. The lowest BCUT2D eigenvalue weighted by molar-refractivity contribution is 0.308. The van der Waals surface area contributed by atoms with E-state index in [9.17, 15) is 0 Å². The standard InChI is InChI=1S/C20H23N3O/c21-20-22-18(14-24-20)8-5-15-6-9-19(10-7-15)23-12-11-16-3-1-2-4-17(16)13-23/h1-4,6-7,9-10,18H,5,8,11-14H2,(H2,21,22). The lowest BCUT2D eigenvalue weighted by atomic mass is 9.99. The molecule has 0 amide bonds. The predicted octanol–water partition coefficient (Wildman–Crippen LogP) is 2.90. The maximum absolute atomic E-state index is 5.55. The molecule has 4 nitrogen and oxygen atoms in total. The Balaban J connectivity index is 1.38. The first-order valence-corrected chi connectivity index (χ1v) is 8.65. The summed E-state index contributed by atoms with van der Waals surface area (Å²) in [6.07, 6.45) is 3.12. The highest BCUT2D eigenvalue weighted by Crippen LogP contribution is 2.25. The van der Waals surface area contributed by atoms with Gasteiger partial charge in [-0.05, 0) is 48.1 Å². The number of aryl methyl sites for hydroxylation is 1. The molecule has 0 fully saturated rings. The molecule has 2 heterocycles. The topological polar surface area (TPSA) is 50.8 Å². The molecule has 2 aromatic carbocycles. The van der Waals surface area contributed by atoms with E-state index < -0.39 is 0 Å². The van der Waals surface area contributed by atoms with E-state index in [0.29, 0.717) is 12.6 Å². The number of nitrogens with zero attached hydrogens (tertiary/aromatic N) is 2. The van der Waals surface area contributed by atoms with E-state index in [-0.39, 0.29) is 6.04 Å².